The summed E-state index contributed by atoms with van der Waals surface area (Å²) in [6.45, 7) is 1.90. The maximum atomic E-state index is 12.2. The molecule has 0 atom stereocenters. The molecule has 1 amide bonds. The van der Waals surface area contributed by atoms with Crippen LogP contribution >= 0.6 is 11.6 Å². The number of rotatable bonds is 6. The van der Waals surface area contributed by atoms with Crippen LogP contribution in [0.3, 0.4) is 0 Å². The fourth-order valence-electron chi connectivity index (χ4n) is 3.47. The van der Waals surface area contributed by atoms with Crippen molar-refractivity contribution in [2.24, 2.45) is 0 Å². The Balaban J connectivity index is 1.48. The van der Waals surface area contributed by atoms with E-state index in [1.807, 2.05) is 56.3 Å². The summed E-state index contributed by atoms with van der Waals surface area (Å²) < 4.78 is 0. The lowest BCUT2D eigenvalue weighted by Crippen LogP contribution is -2.39. The normalized spacial score (nSPS) is 19.2. The SMILES string of the molecule is Cc1nc(NC2CCC(NC(=O)/C=C/c3ccccc3Cl)CC2)cc(N(C)C)n1. The summed E-state index contributed by atoms with van der Waals surface area (Å²) in [5.41, 5.74) is 0.842. The molecule has 1 aliphatic carbocycles. The molecular weight excluding hydrogens is 386 g/mol. The molecule has 2 N–H and O–H groups in total. The maximum absolute atomic E-state index is 12.2. The lowest BCUT2D eigenvalue weighted by molar-refractivity contribution is -0.117. The maximum Gasteiger partial charge on any atom is 0.244 e. The number of nitrogens with one attached hydrogen (secondary N) is 2. The van der Waals surface area contributed by atoms with Crippen molar-refractivity contribution in [1.29, 1.82) is 0 Å². The third-order valence-electron chi connectivity index (χ3n) is 5.03. The molecule has 3 rings (SSSR count). The topological polar surface area (TPSA) is 70.2 Å². The Kier molecular flexibility index (Phi) is 7.09. The molecule has 29 heavy (non-hydrogen) atoms. The third kappa shape index (κ3) is 6.19. The summed E-state index contributed by atoms with van der Waals surface area (Å²) in [5, 5.41) is 7.26. The molecule has 1 aliphatic rings. The summed E-state index contributed by atoms with van der Waals surface area (Å²) in [4.78, 5) is 23.1. The number of hydrogen-bond donors (Lipinski definition) is 2. The number of aromatic nitrogens is 2. The second kappa shape index (κ2) is 9.74. The van der Waals surface area contributed by atoms with E-state index < -0.39 is 0 Å². The molecular formula is C22H28ClN5O. The zero-order chi connectivity index (χ0) is 20.8. The smallest absolute Gasteiger partial charge is 0.244 e. The van der Waals surface area contributed by atoms with Crippen LogP contribution in [0.15, 0.2) is 36.4 Å². The average Bonchev–Trinajstić information content (AvgIpc) is 2.68. The number of carbonyl (C=O) groups excluding carboxylic acids is 1. The Morgan fingerprint density at radius 2 is 1.83 bits per heavy atom. The van der Waals surface area contributed by atoms with E-state index in [0.29, 0.717) is 11.1 Å². The van der Waals surface area contributed by atoms with E-state index in [9.17, 15) is 4.79 Å². The Labute approximate surface area is 177 Å². The minimum absolute atomic E-state index is 0.0802. The summed E-state index contributed by atoms with van der Waals surface area (Å²) in [7, 11) is 3.94. The summed E-state index contributed by atoms with van der Waals surface area (Å²) in [6, 6.07) is 10.00. The van der Waals surface area contributed by atoms with Crippen LogP contribution in [0.1, 0.15) is 37.1 Å². The Bertz CT molecular complexity index is 875. The van der Waals surface area contributed by atoms with Crippen LogP contribution in [0.5, 0.6) is 0 Å². The molecule has 6 nitrogen and oxygen atoms in total. The van der Waals surface area contributed by atoms with Gasteiger partial charge in [-0.25, -0.2) is 9.97 Å². The van der Waals surface area contributed by atoms with Crippen molar-refractivity contribution in [1.82, 2.24) is 15.3 Å². The van der Waals surface area contributed by atoms with E-state index in [2.05, 4.69) is 20.6 Å². The van der Waals surface area contributed by atoms with E-state index >= 15 is 0 Å². The van der Waals surface area contributed by atoms with Crippen LogP contribution in [0.2, 0.25) is 5.02 Å². The Morgan fingerprint density at radius 3 is 2.52 bits per heavy atom. The monoisotopic (exact) mass is 413 g/mol. The van der Waals surface area contributed by atoms with Gasteiger partial charge in [0.25, 0.3) is 0 Å². The van der Waals surface area contributed by atoms with E-state index in [-0.39, 0.29) is 11.9 Å². The van der Waals surface area contributed by atoms with Crippen molar-refractivity contribution < 1.29 is 4.79 Å². The molecule has 0 bridgehead atoms. The van der Waals surface area contributed by atoms with Gasteiger partial charge in [0.1, 0.15) is 17.5 Å². The molecule has 0 unspecified atom stereocenters. The minimum Gasteiger partial charge on any atom is -0.367 e. The van der Waals surface area contributed by atoms with Crippen LogP contribution in [0.4, 0.5) is 11.6 Å². The van der Waals surface area contributed by atoms with Crippen LogP contribution in [-0.4, -0.2) is 42.1 Å². The van der Waals surface area contributed by atoms with Gasteiger partial charge in [-0.05, 0) is 50.3 Å². The molecule has 0 aliphatic heterocycles. The van der Waals surface area contributed by atoms with Crippen molar-refractivity contribution >= 4 is 35.2 Å². The quantitative estimate of drug-likeness (QED) is 0.699. The number of benzene rings is 1. The van der Waals surface area contributed by atoms with Gasteiger partial charge in [-0.1, -0.05) is 29.8 Å². The predicted molar refractivity (Wildman–Crippen MR) is 119 cm³/mol. The highest BCUT2D eigenvalue weighted by molar-refractivity contribution is 6.32. The van der Waals surface area contributed by atoms with Gasteiger partial charge in [0.05, 0.1) is 0 Å². The van der Waals surface area contributed by atoms with E-state index in [1.54, 1.807) is 12.2 Å². The second-order valence-corrected chi connectivity index (χ2v) is 8.02. The van der Waals surface area contributed by atoms with Crippen molar-refractivity contribution in [3.05, 3.63) is 52.8 Å². The molecule has 2 aromatic rings. The molecule has 1 saturated carbocycles. The van der Waals surface area contributed by atoms with Gasteiger partial charge in [0.2, 0.25) is 5.91 Å². The fraction of sp³-hybridized carbons (Fsp3) is 0.409. The summed E-state index contributed by atoms with van der Waals surface area (Å²) >= 11 is 6.12. The van der Waals surface area contributed by atoms with E-state index in [4.69, 9.17) is 11.6 Å². The zero-order valence-electron chi connectivity index (χ0n) is 17.2. The number of carbonyl (C=O) groups is 1. The van der Waals surface area contributed by atoms with E-state index in [0.717, 1.165) is 48.7 Å². The van der Waals surface area contributed by atoms with Crippen LogP contribution in [-0.2, 0) is 4.79 Å². The lowest BCUT2D eigenvalue weighted by atomic mass is 9.91. The summed E-state index contributed by atoms with van der Waals surface area (Å²) in [5.74, 6) is 2.43. The average molecular weight is 414 g/mol. The first-order valence-electron chi connectivity index (χ1n) is 9.93. The number of hydrogen-bond acceptors (Lipinski definition) is 5. The number of aryl methyl sites for hydroxylation is 1. The van der Waals surface area contributed by atoms with Gasteiger partial charge >= 0.3 is 0 Å². The van der Waals surface area contributed by atoms with Gasteiger partial charge in [-0.2, -0.15) is 0 Å². The summed E-state index contributed by atoms with van der Waals surface area (Å²) in [6.07, 6.45) is 7.16. The van der Waals surface area contributed by atoms with Gasteiger partial charge in [-0.3, -0.25) is 4.79 Å². The van der Waals surface area contributed by atoms with Crippen molar-refractivity contribution in [2.75, 3.05) is 24.3 Å². The predicted octanol–water partition coefficient (Wildman–Crippen LogP) is 4.06. The Hall–Kier alpha value is -2.60. The highest BCUT2D eigenvalue weighted by Gasteiger charge is 2.22. The van der Waals surface area contributed by atoms with Gasteiger partial charge < -0.3 is 15.5 Å². The van der Waals surface area contributed by atoms with Gasteiger partial charge in [0, 0.05) is 43.3 Å². The molecule has 1 heterocycles. The van der Waals surface area contributed by atoms with E-state index in [1.165, 1.54) is 0 Å². The van der Waals surface area contributed by atoms with Gasteiger partial charge in [-0.15, -0.1) is 0 Å². The number of halogens is 1. The van der Waals surface area contributed by atoms with Crippen LogP contribution in [0.25, 0.3) is 6.08 Å². The standard InChI is InChI=1S/C22H28ClN5O/c1-15-24-20(14-21(25-15)28(2)3)26-17-9-11-18(12-10-17)27-22(29)13-8-16-6-4-5-7-19(16)23/h4-8,13-14,17-18H,9-12H2,1-3H3,(H,27,29)(H,24,25,26)/b13-8+. The molecule has 1 aromatic heterocycles. The number of anilines is 2. The first kappa shape index (κ1) is 21.1. The number of nitrogens with zero attached hydrogens (tertiary/aromatic N) is 3. The molecule has 1 aromatic carbocycles. The lowest BCUT2D eigenvalue weighted by Gasteiger charge is -2.30. The van der Waals surface area contributed by atoms with Crippen LogP contribution in [0, 0.1) is 6.92 Å². The first-order chi connectivity index (χ1) is 13.9. The fourth-order valence-corrected chi connectivity index (χ4v) is 3.67. The molecule has 0 spiro atoms. The zero-order valence-corrected chi connectivity index (χ0v) is 17.9. The minimum atomic E-state index is -0.0802. The first-order valence-corrected chi connectivity index (χ1v) is 10.3. The highest BCUT2D eigenvalue weighted by Crippen LogP contribution is 2.23. The third-order valence-corrected chi connectivity index (χ3v) is 5.37. The second-order valence-electron chi connectivity index (χ2n) is 7.61. The van der Waals surface area contributed by atoms with Crippen molar-refractivity contribution in [3.8, 4) is 0 Å². The molecule has 7 heteroatoms. The molecule has 154 valence electrons. The van der Waals surface area contributed by atoms with Gasteiger partial charge in [0.15, 0.2) is 0 Å². The molecule has 0 radical (unpaired) electrons. The van der Waals surface area contributed by atoms with Crippen molar-refractivity contribution in [2.45, 2.75) is 44.7 Å². The highest BCUT2D eigenvalue weighted by atomic mass is 35.5. The van der Waals surface area contributed by atoms with Crippen molar-refractivity contribution in [3.63, 3.8) is 0 Å². The molecule has 1 fully saturated rings. The molecule has 0 saturated heterocycles. The Morgan fingerprint density at radius 1 is 1.14 bits per heavy atom. The van der Waals surface area contributed by atoms with Crippen LogP contribution < -0.4 is 15.5 Å². The number of amides is 1. The largest absolute Gasteiger partial charge is 0.367 e.